The van der Waals surface area contributed by atoms with Crippen LogP contribution in [0.15, 0.2) is 5.57 Å². The van der Waals surface area contributed by atoms with Gasteiger partial charge in [0.1, 0.15) is 0 Å². The van der Waals surface area contributed by atoms with E-state index in [9.17, 15) is 0 Å². The van der Waals surface area contributed by atoms with Crippen LogP contribution in [0.3, 0.4) is 0 Å². The molecule has 0 amide bonds. The summed E-state index contributed by atoms with van der Waals surface area (Å²) >= 11 is 0. The maximum Gasteiger partial charge on any atom is -0.0317 e. The second-order valence-corrected chi connectivity index (χ2v) is 2.87. The maximum atomic E-state index is 5.76. The van der Waals surface area contributed by atoms with Crippen LogP contribution in [0.2, 0.25) is 0 Å². The van der Waals surface area contributed by atoms with Crippen LogP contribution in [0.1, 0.15) is 52.4 Å². The van der Waals surface area contributed by atoms with Gasteiger partial charge in [-0.3, -0.25) is 0 Å². The van der Waals surface area contributed by atoms with Gasteiger partial charge in [-0.05, 0) is 25.7 Å². The van der Waals surface area contributed by atoms with Crippen molar-refractivity contribution < 1.29 is 0 Å². The molecule has 0 rings (SSSR count). The molecule has 0 N–H and O–H groups in total. The number of rotatable bonds is 6. The average Bonchev–Trinajstić information content (AvgIpc) is 1.97. The highest BCUT2D eigenvalue weighted by atomic mass is 14.0. The van der Waals surface area contributed by atoms with Crippen molar-refractivity contribution in [3.05, 3.63) is 12.2 Å². The van der Waals surface area contributed by atoms with Gasteiger partial charge in [-0.1, -0.05) is 38.8 Å². The Hall–Kier alpha value is -0.260. The van der Waals surface area contributed by atoms with Crippen LogP contribution in [0.5, 0.6) is 0 Å². The fourth-order valence-electron chi connectivity index (χ4n) is 0.933. The maximum absolute atomic E-state index is 5.76. The first-order valence-electron chi connectivity index (χ1n) is 4.41. The first kappa shape index (κ1) is 9.74. The summed E-state index contributed by atoms with van der Waals surface area (Å²) in [4.78, 5) is 0. The highest BCUT2D eigenvalue weighted by Gasteiger charge is 1.92. The van der Waals surface area contributed by atoms with E-state index in [1.807, 2.05) is 0 Å². The van der Waals surface area contributed by atoms with E-state index in [-0.39, 0.29) is 0 Å². The third-order valence-corrected chi connectivity index (χ3v) is 1.70. The Morgan fingerprint density at radius 2 is 1.40 bits per heavy atom. The third kappa shape index (κ3) is 5.87. The molecule has 0 nitrogen and oxygen atoms in total. The fraction of sp³-hybridized carbons (Fsp3) is 0.800. The smallest absolute Gasteiger partial charge is 0.0317 e. The molecule has 0 heteroatoms. The lowest BCUT2D eigenvalue weighted by Crippen LogP contribution is -1.81. The van der Waals surface area contributed by atoms with E-state index in [2.05, 4.69) is 13.8 Å². The van der Waals surface area contributed by atoms with Crippen molar-refractivity contribution in [2.24, 2.45) is 0 Å². The summed E-state index contributed by atoms with van der Waals surface area (Å²) < 4.78 is 0. The topological polar surface area (TPSA) is 0 Å². The molecule has 0 saturated carbocycles. The van der Waals surface area contributed by atoms with Gasteiger partial charge in [-0.25, -0.2) is 0 Å². The summed E-state index contributed by atoms with van der Waals surface area (Å²) in [5, 5.41) is 0. The Labute approximate surface area is 65.3 Å². The molecule has 0 aliphatic rings. The minimum atomic E-state index is 1.14. The molecule has 10 heavy (non-hydrogen) atoms. The van der Waals surface area contributed by atoms with E-state index in [0.717, 1.165) is 12.8 Å². The molecule has 59 valence electrons. The molecule has 0 heterocycles. The Bertz CT molecular complexity index is 72.0. The molecule has 0 aliphatic heterocycles. The van der Waals surface area contributed by atoms with Gasteiger partial charge in [-0.15, -0.1) is 0 Å². The molecule has 0 aromatic heterocycles. The van der Waals surface area contributed by atoms with Gasteiger partial charge in [0.2, 0.25) is 0 Å². The van der Waals surface area contributed by atoms with Crippen LogP contribution < -0.4 is 0 Å². The predicted octanol–water partition coefficient (Wildman–Crippen LogP) is 3.73. The SMILES string of the molecule is [CH]=C(CCCC)CCCC. The lowest BCUT2D eigenvalue weighted by molar-refractivity contribution is 0.714. The van der Waals surface area contributed by atoms with Crippen molar-refractivity contribution in [3.8, 4) is 0 Å². The molecule has 0 aromatic carbocycles. The van der Waals surface area contributed by atoms with Gasteiger partial charge < -0.3 is 0 Å². The molecule has 0 atom stereocenters. The van der Waals surface area contributed by atoms with E-state index in [1.165, 1.54) is 31.3 Å². The van der Waals surface area contributed by atoms with Gasteiger partial charge in [0, 0.05) is 0 Å². The largest absolute Gasteiger partial charge is 0.0702 e. The van der Waals surface area contributed by atoms with Crippen LogP contribution in [-0.4, -0.2) is 0 Å². The Morgan fingerprint density at radius 1 is 1.00 bits per heavy atom. The third-order valence-electron chi connectivity index (χ3n) is 1.70. The highest BCUT2D eigenvalue weighted by Crippen LogP contribution is 2.11. The van der Waals surface area contributed by atoms with E-state index in [1.54, 1.807) is 0 Å². The second kappa shape index (κ2) is 6.85. The summed E-state index contributed by atoms with van der Waals surface area (Å²) in [6.07, 6.45) is 7.30. The molecule has 0 spiro atoms. The molecule has 0 fully saturated rings. The van der Waals surface area contributed by atoms with Crippen LogP contribution in [-0.2, 0) is 0 Å². The number of hydrogen-bond acceptors (Lipinski definition) is 0. The van der Waals surface area contributed by atoms with Crippen LogP contribution in [0, 0.1) is 6.58 Å². The lowest BCUT2D eigenvalue weighted by Gasteiger charge is -2.01. The van der Waals surface area contributed by atoms with Crippen molar-refractivity contribution >= 4 is 0 Å². The van der Waals surface area contributed by atoms with Crippen molar-refractivity contribution in [2.75, 3.05) is 0 Å². The van der Waals surface area contributed by atoms with E-state index < -0.39 is 0 Å². The Balaban J connectivity index is 3.09. The molecular weight excluding hydrogens is 120 g/mol. The van der Waals surface area contributed by atoms with Crippen molar-refractivity contribution in [1.29, 1.82) is 0 Å². The molecule has 0 aromatic rings. The van der Waals surface area contributed by atoms with Gasteiger partial charge in [-0.2, -0.15) is 0 Å². The number of unbranched alkanes of at least 4 members (excludes halogenated alkanes) is 2. The number of hydrogen-bond donors (Lipinski definition) is 0. The first-order valence-corrected chi connectivity index (χ1v) is 4.41. The second-order valence-electron chi connectivity index (χ2n) is 2.87. The molecule has 0 unspecified atom stereocenters. The molecular formula is C10H19. The normalized spacial score (nSPS) is 9.80. The zero-order valence-electron chi connectivity index (χ0n) is 7.32. The highest BCUT2D eigenvalue weighted by molar-refractivity contribution is 4.90. The number of allylic oxidation sites excluding steroid dienone is 1. The van der Waals surface area contributed by atoms with Crippen LogP contribution in [0.4, 0.5) is 0 Å². The molecule has 0 saturated heterocycles. The minimum Gasteiger partial charge on any atom is -0.0702 e. The predicted molar refractivity (Wildman–Crippen MR) is 46.9 cm³/mol. The van der Waals surface area contributed by atoms with Crippen molar-refractivity contribution in [3.63, 3.8) is 0 Å². The van der Waals surface area contributed by atoms with Crippen molar-refractivity contribution in [1.82, 2.24) is 0 Å². The van der Waals surface area contributed by atoms with Crippen LogP contribution in [0.25, 0.3) is 0 Å². The summed E-state index contributed by atoms with van der Waals surface area (Å²) in [6.45, 7) is 10.2. The first-order chi connectivity index (χ1) is 4.81. The van der Waals surface area contributed by atoms with E-state index in [0.29, 0.717) is 0 Å². The summed E-state index contributed by atoms with van der Waals surface area (Å²) in [5.74, 6) is 0. The monoisotopic (exact) mass is 139 g/mol. The summed E-state index contributed by atoms with van der Waals surface area (Å²) in [6, 6.07) is 0. The van der Waals surface area contributed by atoms with Gasteiger partial charge in [0.25, 0.3) is 0 Å². The Morgan fingerprint density at radius 3 is 1.70 bits per heavy atom. The summed E-state index contributed by atoms with van der Waals surface area (Å²) in [5.41, 5.74) is 1.20. The summed E-state index contributed by atoms with van der Waals surface area (Å²) in [7, 11) is 0. The fourth-order valence-corrected chi connectivity index (χ4v) is 0.933. The van der Waals surface area contributed by atoms with Crippen molar-refractivity contribution in [2.45, 2.75) is 52.4 Å². The zero-order chi connectivity index (χ0) is 7.82. The quantitative estimate of drug-likeness (QED) is 0.526. The van der Waals surface area contributed by atoms with Gasteiger partial charge >= 0.3 is 0 Å². The van der Waals surface area contributed by atoms with Crippen LogP contribution >= 0.6 is 0 Å². The van der Waals surface area contributed by atoms with Gasteiger partial charge in [0.15, 0.2) is 0 Å². The van der Waals surface area contributed by atoms with E-state index in [4.69, 9.17) is 6.58 Å². The van der Waals surface area contributed by atoms with E-state index >= 15 is 0 Å². The standard InChI is InChI=1S/C10H19/c1-4-6-8-10(3)9-7-5-2/h3H,4-9H2,1-2H3. The van der Waals surface area contributed by atoms with Gasteiger partial charge in [0.05, 0.1) is 0 Å². The molecule has 0 aliphatic carbocycles. The Kier molecular flexibility index (Phi) is 6.68. The zero-order valence-corrected chi connectivity index (χ0v) is 7.32. The molecule has 1 radical (unpaired) electrons. The average molecular weight is 139 g/mol. The lowest BCUT2D eigenvalue weighted by atomic mass is 10.1. The minimum absolute atomic E-state index is 1.14. The molecule has 0 bridgehead atoms.